The van der Waals surface area contributed by atoms with Crippen molar-refractivity contribution < 1.29 is 13.9 Å². The maximum Gasteiger partial charge on any atom is 0.245 e. The van der Waals surface area contributed by atoms with Gasteiger partial charge in [0.1, 0.15) is 11.2 Å². The Morgan fingerprint density at radius 2 is 2.11 bits per heavy atom. The molecule has 19 heavy (non-hydrogen) atoms. The molecule has 1 aromatic rings. The van der Waals surface area contributed by atoms with E-state index in [-0.39, 0.29) is 5.91 Å². The van der Waals surface area contributed by atoms with Gasteiger partial charge in [-0.2, -0.15) is 5.26 Å². The monoisotopic (exact) mass is 262 g/mol. The highest BCUT2D eigenvalue weighted by atomic mass is 19.1. The summed E-state index contributed by atoms with van der Waals surface area (Å²) in [4.78, 5) is 12.2. The van der Waals surface area contributed by atoms with Gasteiger partial charge in [-0.25, -0.2) is 4.39 Å². The van der Waals surface area contributed by atoms with Crippen LogP contribution in [0.4, 0.5) is 10.1 Å². The van der Waals surface area contributed by atoms with Gasteiger partial charge in [0, 0.05) is 18.9 Å². The molecule has 1 aliphatic heterocycles. The summed E-state index contributed by atoms with van der Waals surface area (Å²) in [6, 6.07) is 6.38. The summed E-state index contributed by atoms with van der Waals surface area (Å²) < 4.78 is 18.4. The molecule has 5 heteroatoms. The van der Waals surface area contributed by atoms with Gasteiger partial charge in [0.15, 0.2) is 0 Å². The Balaban J connectivity index is 2.18. The average molecular weight is 262 g/mol. The van der Waals surface area contributed by atoms with Crippen molar-refractivity contribution in [3.8, 4) is 6.07 Å². The average Bonchev–Trinajstić information content (AvgIpc) is 2.38. The van der Waals surface area contributed by atoms with Crippen LogP contribution >= 0.6 is 0 Å². The van der Waals surface area contributed by atoms with Crippen LogP contribution in [0.25, 0.3) is 0 Å². The van der Waals surface area contributed by atoms with Crippen LogP contribution in [-0.2, 0) is 9.53 Å². The predicted octanol–water partition coefficient (Wildman–Crippen LogP) is 2.39. The highest BCUT2D eigenvalue weighted by Crippen LogP contribution is 2.31. The standard InChI is InChI=1S/C14H15FN2O2/c1-10-6-11(15)8-12(7-10)17-13(18)14(9-16)2-4-19-5-3-14/h6-8H,2-5H2,1H3,(H,17,18). The van der Waals surface area contributed by atoms with Crippen molar-refractivity contribution in [3.05, 3.63) is 29.6 Å². The van der Waals surface area contributed by atoms with Crippen molar-refractivity contribution >= 4 is 11.6 Å². The van der Waals surface area contributed by atoms with Crippen molar-refractivity contribution in [1.82, 2.24) is 0 Å². The molecule has 1 fully saturated rings. The molecule has 0 bridgehead atoms. The topological polar surface area (TPSA) is 62.1 Å². The number of hydrogen-bond donors (Lipinski definition) is 1. The van der Waals surface area contributed by atoms with Crippen molar-refractivity contribution in [2.45, 2.75) is 19.8 Å². The smallest absolute Gasteiger partial charge is 0.245 e. The second-order valence-electron chi connectivity index (χ2n) is 4.78. The number of halogens is 1. The van der Waals surface area contributed by atoms with E-state index in [0.717, 1.165) is 0 Å². The molecular formula is C14H15FN2O2. The maximum atomic E-state index is 13.3. The largest absolute Gasteiger partial charge is 0.381 e. The zero-order valence-electron chi connectivity index (χ0n) is 10.7. The van der Waals surface area contributed by atoms with Crippen molar-refractivity contribution in [2.75, 3.05) is 18.5 Å². The van der Waals surface area contributed by atoms with Gasteiger partial charge < -0.3 is 10.1 Å². The van der Waals surface area contributed by atoms with E-state index in [1.54, 1.807) is 13.0 Å². The van der Waals surface area contributed by atoms with Crippen LogP contribution in [0.3, 0.4) is 0 Å². The number of nitrogens with one attached hydrogen (secondary N) is 1. The highest BCUT2D eigenvalue weighted by molar-refractivity contribution is 5.97. The van der Waals surface area contributed by atoms with E-state index in [1.807, 2.05) is 0 Å². The normalized spacial score (nSPS) is 17.5. The first kappa shape index (κ1) is 13.5. The fourth-order valence-corrected chi connectivity index (χ4v) is 2.17. The number of ether oxygens (including phenoxy) is 1. The van der Waals surface area contributed by atoms with Crippen LogP contribution in [0, 0.1) is 29.5 Å². The lowest BCUT2D eigenvalue weighted by atomic mass is 9.81. The van der Waals surface area contributed by atoms with Crippen molar-refractivity contribution in [1.29, 1.82) is 5.26 Å². The third-order valence-electron chi connectivity index (χ3n) is 3.30. The number of aryl methyl sites for hydroxylation is 1. The molecule has 0 atom stereocenters. The number of nitriles is 1. The maximum absolute atomic E-state index is 13.3. The molecular weight excluding hydrogens is 247 g/mol. The summed E-state index contributed by atoms with van der Waals surface area (Å²) in [5.41, 5.74) is 0.0234. The fourth-order valence-electron chi connectivity index (χ4n) is 2.17. The van der Waals surface area contributed by atoms with Gasteiger partial charge in [-0.05, 0) is 43.5 Å². The van der Waals surface area contributed by atoms with E-state index in [4.69, 9.17) is 4.74 Å². The number of rotatable bonds is 2. The van der Waals surface area contributed by atoms with Gasteiger partial charge in [0.25, 0.3) is 0 Å². The van der Waals surface area contributed by atoms with E-state index >= 15 is 0 Å². The highest BCUT2D eigenvalue weighted by Gasteiger charge is 2.40. The zero-order valence-corrected chi connectivity index (χ0v) is 10.7. The SMILES string of the molecule is Cc1cc(F)cc(NC(=O)C2(C#N)CCOCC2)c1. The molecule has 1 aliphatic rings. The molecule has 0 saturated carbocycles. The number of hydrogen-bond acceptors (Lipinski definition) is 3. The first-order valence-corrected chi connectivity index (χ1v) is 6.13. The number of carbonyl (C=O) groups is 1. The Bertz CT molecular complexity index is 510. The second-order valence-corrected chi connectivity index (χ2v) is 4.78. The van der Waals surface area contributed by atoms with Crippen molar-refractivity contribution in [3.63, 3.8) is 0 Å². The minimum absolute atomic E-state index is 0.365. The number of anilines is 1. The number of amides is 1. The van der Waals surface area contributed by atoms with E-state index in [9.17, 15) is 14.4 Å². The van der Waals surface area contributed by atoms with Crippen LogP contribution in [-0.4, -0.2) is 19.1 Å². The van der Waals surface area contributed by atoms with Crippen LogP contribution in [0.15, 0.2) is 18.2 Å². The van der Waals surface area contributed by atoms with Crippen LogP contribution < -0.4 is 5.32 Å². The molecule has 0 aliphatic carbocycles. The molecule has 0 aromatic heterocycles. The summed E-state index contributed by atoms with van der Waals surface area (Å²) in [5, 5.41) is 11.9. The van der Waals surface area contributed by atoms with E-state index in [2.05, 4.69) is 11.4 Å². The summed E-state index contributed by atoms with van der Waals surface area (Å²) in [7, 11) is 0. The van der Waals surface area contributed by atoms with Gasteiger partial charge in [-0.1, -0.05) is 0 Å². The fraction of sp³-hybridized carbons (Fsp3) is 0.429. The van der Waals surface area contributed by atoms with Gasteiger partial charge in [0.05, 0.1) is 6.07 Å². The van der Waals surface area contributed by atoms with Gasteiger partial charge in [-0.15, -0.1) is 0 Å². The molecule has 1 N–H and O–H groups in total. The van der Waals surface area contributed by atoms with E-state index in [0.29, 0.717) is 37.3 Å². The van der Waals surface area contributed by atoms with Crippen LogP contribution in [0.5, 0.6) is 0 Å². The quantitative estimate of drug-likeness (QED) is 0.890. The molecule has 4 nitrogen and oxygen atoms in total. The summed E-state index contributed by atoms with van der Waals surface area (Å²) in [6.45, 7) is 2.53. The van der Waals surface area contributed by atoms with Crippen LogP contribution in [0.2, 0.25) is 0 Å². The molecule has 1 saturated heterocycles. The Kier molecular flexibility index (Phi) is 3.82. The Morgan fingerprint density at radius 3 is 2.68 bits per heavy atom. The van der Waals surface area contributed by atoms with Crippen LogP contribution in [0.1, 0.15) is 18.4 Å². The van der Waals surface area contributed by atoms with Gasteiger partial charge in [-0.3, -0.25) is 4.79 Å². The Morgan fingerprint density at radius 1 is 1.42 bits per heavy atom. The molecule has 0 radical (unpaired) electrons. The second kappa shape index (κ2) is 5.37. The summed E-state index contributed by atoms with van der Waals surface area (Å²) in [6.07, 6.45) is 0.729. The van der Waals surface area contributed by atoms with E-state index in [1.165, 1.54) is 12.1 Å². The zero-order chi connectivity index (χ0) is 13.9. The predicted molar refractivity (Wildman–Crippen MR) is 67.9 cm³/mol. The number of benzene rings is 1. The lowest BCUT2D eigenvalue weighted by Crippen LogP contribution is -2.39. The Labute approximate surface area is 111 Å². The number of nitrogens with zero attached hydrogens (tertiary/aromatic N) is 1. The number of carbonyl (C=O) groups excluding carboxylic acids is 1. The molecule has 100 valence electrons. The molecule has 1 heterocycles. The van der Waals surface area contributed by atoms with Gasteiger partial charge in [0.2, 0.25) is 5.91 Å². The third kappa shape index (κ3) is 2.91. The first-order chi connectivity index (χ1) is 9.05. The lowest BCUT2D eigenvalue weighted by molar-refractivity contribution is -0.126. The molecule has 1 aromatic carbocycles. The third-order valence-corrected chi connectivity index (χ3v) is 3.30. The lowest BCUT2D eigenvalue weighted by Gasteiger charge is -2.29. The molecule has 2 rings (SSSR count). The Hall–Kier alpha value is -1.93. The van der Waals surface area contributed by atoms with Gasteiger partial charge >= 0.3 is 0 Å². The van der Waals surface area contributed by atoms with E-state index < -0.39 is 11.2 Å². The molecule has 1 amide bonds. The van der Waals surface area contributed by atoms with Crippen molar-refractivity contribution in [2.24, 2.45) is 5.41 Å². The molecule has 0 unspecified atom stereocenters. The minimum atomic E-state index is -1.07. The first-order valence-electron chi connectivity index (χ1n) is 6.13. The summed E-state index contributed by atoms with van der Waals surface area (Å²) >= 11 is 0. The minimum Gasteiger partial charge on any atom is -0.381 e. The molecule has 0 spiro atoms. The summed E-state index contributed by atoms with van der Waals surface area (Å²) in [5.74, 6) is -0.795.